The Morgan fingerprint density at radius 1 is 0.393 bits per heavy atom. The summed E-state index contributed by atoms with van der Waals surface area (Å²) < 4.78 is 44.2. The van der Waals surface area contributed by atoms with Crippen molar-refractivity contribution in [3.63, 3.8) is 0 Å². The molecule has 3 atom stereocenters. The summed E-state index contributed by atoms with van der Waals surface area (Å²) in [5.41, 5.74) is 0. The Labute approximate surface area is 364 Å². The lowest BCUT2D eigenvalue weighted by Gasteiger charge is -2.22. The highest BCUT2D eigenvalue weighted by Crippen LogP contribution is 2.43. The zero-order valence-electron chi connectivity index (χ0n) is 37.3. The van der Waals surface area contributed by atoms with E-state index < -0.39 is 82.3 Å². The van der Waals surface area contributed by atoms with E-state index in [1.54, 1.807) is 0 Å². The Balaban J connectivity index is 5.17. The van der Waals surface area contributed by atoms with Gasteiger partial charge in [-0.1, -0.05) is 142 Å². The Morgan fingerprint density at radius 2 is 0.672 bits per heavy atom. The molecule has 61 heavy (non-hydrogen) atoms. The third-order valence-electron chi connectivity index (χ3n) is 9.82. The molecule has 0 heterocycles. The standard InChI is InChI=1S/C44H79O16P/c1-3-5-7-9-11-13-15-17-19-21-23-29-41(49)55-33-37(59-43(51)30-24-22-20-18-16-14-12-10-8-6-4-2)35-57-61(53,54)58-36-38(60-44(52)32-26-28-40(47)48)34-56-42(50)31-25-27-39(45)46/h37-38H,3-36H2,1-2H3,(H,45,46)(H,47,48)(H,53,54)/t37-,38?/m1/s1. The molecule has 16 nitrogen and oxygen atoms in total. The minimum Gasteiger partial charge on any atom is -0.481 e. The van der Waals surface area contributed by atoms with Crippen molar-refractivity contribution in [2.75, 3.05) is 26.4 Å². The van der Waals surface area contributed by atoms with Gasteiger partial charge in [-0.3, -0.25) is 37.8 Å². The first-order valence-electron chi connectivity index (χ1n) is 23.0. The molecular weight excluding hydrogens is 815 g/mol. The second-order valence-corrected chi connectivity index (χ2v) is 17.2. The normalized spacial score (nSPS) is 13.2. The van der Waals surface area contributed by atoms with Crippen molar-refractivity contribution in [3.05, 3.63) is 0 Å². The SMILES string of the molecule is CCCCCCCCCCCCCC(=O)OC[C@H](COP(=O)(O)OCC(COC(=O)CCCC(=O)O)OC(=O)CCCC(=O)O)OC(=O)CCCCCCCCCCCCC. The average molecular weight is 895 g/mol. The molecule has 0 aliphatic rings. The van der Waals surface area contributed by atoms with Crippen molar-refractivity contribution < 1.29 is 76.4 Å². The van der Waals surface area contributed by atoms with Gasteiger partial charge in [0.2, 0.25) is 0 Å². The van der Waals surface area contributed by atoms with E-state index in [0.29, 0.717) is 12.8 Å². The lowest BCUT2D eigenvalue weighted by atomic mass is 10.1. The molecule has 0 aliphatic heterocycles. The maximum Gasteiger partial charge on any atom is 0.472 e. The van der Waals surface area contributed by atoms with Crippen LogP contribution in [-0.4, -0.2) is 89.6 Å². The second-order valence-electron chi connectivity index (χ2n) is 15.7. The van der Waals surface area contributed by atoms with Crippen molar-refractivity contribution in [2.45, 2.75) is 219 Å². The van der Waals surface area contributed by atoms with Crippen LogP contribution in [0.4, 0.5) is 0 Å². The van der Waals surface area contributed by atoms with Crippen LogP contribution in [0.25, 0.3) is 0 Å². The second kappa shape index (κ2) is 39.8. The lowest BCUT2D eigenvalue weighted by Crippen LogP contribution is -2.31. The fraction of sp³-hybridized carbons (Fsp3) is 0.864. The van der Waals surface area contributed by atoms with Gasteiger partial charge < -0.3 is 34.1 Å². The summed E-state index contributed by atoms with van der Waals surface area (Å²) >= 11 is 0. The van der Waals surface area contributed by atoms with Crippen LogP contribution in [0.1, 0.15) is 206 Å². The van der Waals surface area contributed by atoms with E-state index in [9.17, 15) is 38.2 Å². The Hall–Kier alpha value is -3.07. The molecule has 0 rings (SSSR count). The molecule has 0 aliphatic carbocycles. The number of rotatable bonds is 44. The molecule has 0 spiro atoms. The summed E-state index contributed by atoms with van der Waals surface area (Å²) in [6, 6.07) is 0. The third-order valence-corrected chi connectivity index (χ3v) is 10.8. The van der Waals surface area contributed by atoms with Crippen LogP contribution in [0.15, 0.2) is 0 Å². The molecule has 0 aromatic heterocycles. The number of unbranched alkanes of at least 4 members (excludes halogenated alkanes) is 20. The number of phosphoric ester groups is 1. The van der Waals surface area contributed by atoms with E-state index in [-0.39, 0.29) is 51.4 Å². The zero-order valence-corrected chi connectivity index (χ0v) is 38.2. The maximum absolute atomic E-state index is 12.9. The number of carboxylic acid groups (broad SMARTS) is 2. The van der Waals surface area contributed by atoms with Gasteiger partial charge in [-0.25, -0.2) is 4.57 Å². The molecule has 0 radical (unpaired) electrons. The predicted molar refractivity (Wildman–Crippen MR) is 229 cm³/mol. The number of ether oxygens (including phenoxy) is 4. The van der Waals surface area contributed by atoms with Crippen molar-refractivity contribution in [2.24, 2.45) is 0 Å². The maximum atomic E-state index is 12.9. The summed E-state index contributed by atoms with van der Waals surface area (Å²) in [7, 11) is -4.94. The van der Waals surface area contributed by atoms with E-state index in [0.717, 1.165) is 44.9 Å². The van der Waals surface area contributed by atoms with Gasteiger partial charge in [-0.15, -0.1) is 0 Å². The number of phosphoric acid groups is 1. The molecule has 356 valence electrons. The summed E-state index contributed by atoms with van der Waals surface area (Å²) in [4.78, 5) is 81.9. The number of esters is 4. The van der Waals surface area contributed by atoms with Gasteiger partial charge in [0.1, 0.15) is 13.2 Å². The molecule has 0 saturated carbocycles. The number of aliphatic carboxylic acids is 2. The molecule has 0 bridgehead atoms. The fourth-order valence-corrected chi connectivity index (χ4v) is 7.05. The summed E-state index contributed by atoms with van der Waals surface area (Å²) in [6.07, 6.45) is 20.9. The molecule has 0 amide bonds. The molecule has 0 saturated heterocycles. The summed E-state index contributed by atoms with van der Waals surface area (Å²) in [5, 5.41) is 17.6. The smallest absolute Gasteiger partial charge is 0.472 e. The van der Waals surface area contributed by atoms with E-state index in [1.165, 1.54) is 83.5 Å². The molecular formula is C44H79O16P. The lowest BCUT2D eigenvalue weighted by molar-refractivity contribution is -0.162. The molecule has 0 aromatic rings. The minimum absolute atomic E-state index is 0.0102. The zero-order chi connectivity index (χ0) is 45.4. The topological polar surface area (TPSA) is 236 Å². The number of carbonyl (C=O) groups excluding carboxylic acids is 4. The molecule has 0 aromatic carbocycles. The van der Waals surface area contributed by atoms with Gasteiger partial charge in [-0.2, -0.15) is 0 Å². The van der Waals surface area contributed by atoms with Gasteiger partial charge in [0.05, 0.1) is 13.2 Å². The largest absolute Gasteiger partial charge is 0.481 e. The van der Waals surface area contributed by atoms with E-state index in [4.69, 9.17) is 38.2 Å². The van der Waals surface area contributed by atoms with Crippen LogP contribution in [-0.2, 0) is 61.3 Å². The van der Waals surface area contributed by atoms with Crippen LogP contribution in [0.3, 0.4) is 0 Å². The Kier molecular flexibility index (Phi) is 37.8. The van der Waals surface area contributed by atoms with Gasteiger partial charge in [0, 0.05) is 38.5 Å². The highest BCUT2D eigenvalue weighted by atomic mass is 31.2. The first-order valence-corrected chi connectivity index (χ1v) is 24.5. The van der Waals surface area contributed by atoms with E-state index in [1.807, 2.05) is 0 Å². The molecule has 2 unspecified atom stereocenters. The van der Waals surface area contributed by atoms with Crippen molar-refractivity contribution in [1.29, 1.82) is 0 Å². The first kappa shape index (κ1) is 57.9. The number of carbonyl (C=O) groups is 6. The average Bonchev–Trinajstić information content (AvgIpc) is 3.20. The van der Waals surface area contributed by atoms with Crippen LogP contribution in [0, 0.1) is 0 Å². The van der Waals surface area contributed by atoms with Crippen LogP contribution in [0.5, 0.6) is 0 Å². The monoisotopic (exact) mass is 895 g/mol. The molecule has 0 fully saturated rings. The fourth-order valence-electron chi connectivity index (χ4n) is 6.26. The van der Waals surface area contributed by atoms with Crippen molar-refractivity contribution in [3.8, 4) is 0 Å². The summed E-state index contributed by atoms with van der Waals surface area (Å²) in [5.74, 6) is -5.01. The quantitative estimate of drug-likeness (QED) is 0.0223. The minimum atomic E-state index is -4.94. The predicted octanol–water partition coefficient (Wildman–Crippen LogP) is 9.94. The van der Waals surface area contributed by atoms with Crippen molar-refractivity contribution in [1.82, 2.24) is 0 Å². The number of carboxylic acids is 2. The van der Waals surface area contributed by atoms with Crippen LogP contribution < -0.4 is 0 Å². The van der Waals surface area contributed by atoms with Gasteiger partial charge >= 0.3 is 43.6 Å². The highest BCUT2D eigenvalue weighted by molar-refractivity contribution is 7.47. The van der Waals surface area contributed by atoms with E-state index in [2.05, 4.69) is 13.8 Å². The number of hydrogen-bond donors (Lipinski definition) is 3. The molecule has 3 N–H and O–H groups in total. The Morgan fingerprint density at radius 3 is 1.00 bits per heavy atom. The van der Waals surface area contributed by atoms with Gasteiger partial charge in [-0.05, 0) is 25.7 Å². The molecule has 17 heteroatoms. The van der Waals surface area contributed by atoms with Crippen LogP contribution >= 0.6 is 7.82 Å². The number of hydrogen-bond acceptors (Lipinski definition) is 13. The first-order chi connectivity index (χ1) is 29.3. The third kappa shape index (κ3) is 40.7. The van der Waals surface area contributed by atoms with Gasteiger partial charge in [0.25, 0.3) is 0 Å². The van der Waals surface area contributed by atoms with Gasteiger partial charge in [0.15, 0.2) is 12.2 Å². The van der Waals surface area contributed by atoms with E-state index >= 15 is 0 Å². The highest BCUT2D eigenvalue weighted by Gasteiger charge is 2.29. The van der Waals surface area contributed by atoms with Crippen molar-refractivity contribution >= 4 is 43.6 Å². The van der Waals surface area contributed by atoms with Crippen LogP contribution in [0.2, 0.25) is 0 Å². The Bertz CT molecular complexity index is 1230. The summed E-state index contributed by atoms with van der Waals surface area (Å²) in [6.45, 7) is 1.89.